The Kier molecular flexibility index (Phi) is 7.38. The van der Waals surface area contributed by atoms with Crippen LogP contribution in [-0.4, -0.2) is 18.5 Å². The number of benzene rings is 2. The summed E-state index contributed by atoms with van der Waals surface area (Å²) in [4.78, 5) is 27.8. The summed E-state index contributed by atoms with van der Waals surface area (Å²) in [6, 6.07) is 19.5. The lowest BCUT2D eigenvalue weighted by Crippen LogP contribution is -2.23. The van der Waals surface area contributed by atoms with Crippen LogP contribution in [0.2, 0.25) is 0 Å². The number of esters is 1. The van der Waals surface area contributed by atoms with Gasteiger partial charge in [0.25, 0.3) is 0 Å². The van der Waals surface area contributed by atoms with Gasteiger partial charge >= 0.3 is 5.97 Å². The van der Waals surface area contributed by atoms with E-state index >= 15 is 0 Å². The van der Waals surface area contributed by atoms with E-state index in [2.05, 4.69) is 5.32 Å². The fourth-order valence-corrected chi connectivity index (χ4v) is 5.68. The Bertz CT molecular complexity index is 1020. The van der Waals surface area contributed by atoms with Crippen LogP contribution in [-0.2, 0) is 22.4 Å². The Morgan fingerprint density at radius 2 is 1.50 bits per heavy atom. The predicted octanol–water partition coefficient (Wildman–Crippen LogP) is 6.35. The highest BCUT2D eigenvalue weighted by molar-refractivity contribution is 7.17. The fourth-order valence-electron chi connectivity index (χ4n) is 4.40. The van der Waals surface area contributed by atoms with Crippen LogP contribution < -0.4 is 5.32 Å². The van der Waals surface area contributed by atoms with Crippen molar-refractivity contribution in [2.24, 2.45) is 0 Å². The summed E-state index contributed by atoms with van der Waals surface area (Å²) in [5, 5.41) is 3.75. The molecule has 0 aliphatic heterocycles. The first-order valence-corrected chi connectivity index (χ1v) is 12.2. The number of hydrogen-bond acceptors (Lipinski definition) is 4. The van der Waals surface area contributed by atoms with Crippen molar-refractivity contribution in [1.29, 1.82) is 0 Å². The highest BCUT2D eigenvalue weighted by Gasteiger charge is 2.29. The van der Waals surface area contributed by atoms with Gasteiger partial charge in [0.05, 0.1) is 18.1 Å². The van der Waals surface area contributed by atoms with Crippen LogP contribution in [0, 0.1) is 0 Å². The molecule has 0 unspecified atom stereocenters. The molecule has 0 saturated carbocycles. The fraction of sp³-hybridized carbons (Fsp3) is 0.333. The van der Waals surface area contributed by atoms with E-state index in [0.717, 1.165) is 42.4 Å². The maximum atomic E-state index is 13.6. The smallest absolute Gasteiger partial charge is 0.341 e. The first-order chi connectivity index (χ1) is 15.7. The molecule has 1 heterocycles. The van der Waals surface area contributed by atoms with Crippen LogP contribution >= 0.6 is 11.3 Å². The second-order valence-electron chi connectivity index (χ2n) is 8.09. The van der Waals surface area contributed by atoms with Crippen LogP contribution in [0.15, 0.2) is 60.7 Å². The van der Waals surface area contributed by atoms with Crippen LogP contribution in [0.25, 0.3) is 0 Å². The number of anilines is 1. The quantitative estimate of drug-likeness (QED) is 0.448. The standard InChI is InChI=1S/C27H29NO3S/c1-2-31-27(30)24-21-17-11-3-4-12-18-22(21)32-26(24)28-25(29)23(19-13-7-5-8-14-19)20-15-9-6-10-16-20/h5-10,13-16,23H,2-4,11-12,17-18H2,1H3,(H,28,29). The van der Waals surface area contributed by atoms with Crippen LogP contribution in [0.4, 0.5) is 5.00 Å². The van der Waals surface area contributed by atoms with E-state index in [1.807, 2.05) is 67.6 Å². The highest BCUT2D eigenvalue weighted by atomic mass is 32.1. The Morgan fingerprint density at radius 3 is 2.09 bits per heavy atom. The molecule has 3 aromatic rings. The molecule has 4 nitrogen and oxygen atoms in total. The monoisotopic (exact) mass is 447 g/mol. The third kappa shape index (κ3) is 4.94. The van der Waals surface area contributed by atoms with E-state index < -0.39 is 5.92 Å². The third-order valence-corrected chi connectivity index (χ3v) is 7.12. The lowest BCUT2D eigenvalue weighted by atomic mass is 9.90. The number of carbonyl (C=O) groups is 2. The van der Waals surface area contributed by atoms with Gasteiger partial charge in [0.1, 0.15) is 5.00 Å². The Labute approximate surface area is 193 Å². The Balaban J connectivity index is 1.72. The summed E-state index contributed by atoms with van der Waals surface area (Å²) < 4.78 is 5.39. The predicted molar refractivity (Wildman–Crippen MR) is 130 cm³/mol. The summed E-state index contributed by atoms with van der Waals surface area (Å²) in [5.74, 6) is -0.934. The summed E-state index contributed by atoms with van der Waals surface area (Å²) in [7, 11) is 0. The minimum Gasteiger partial charge on any atom is -0.462 e. The minimum atomic E-state index is -0.461. The van der Waals surface area contributed by atoms with Crippen molar-refractivity contribution in [3.05, 3.63) is 87.8 Å². The first-order valence-electron chi connectivity index (χ1n) is 11.4. The molecule has 4 rings (SSSR count). The summed E-state index contributed by atoms with van der Waals surface area (Å²) in [5.41, 5.74) is 3.47. The van der Waals surface area contributed by atoms with Gasteiger partial charge in [0.15, 0.2) is 0 Å². The molecule has 0 radical (unpaired) electrons. The molecule has 0 bridgehead atoms. The average Bonchev–Trinajstić information content (AvgIpc) is 3.11. The molecule has 0 saturated heterocycles. The number of hydrogen-bond donors (Lipinski definition) is 1. The zero-order valence-corrected chi connectivity index (χ0v) is 19.3. The maximum absolute atomic E-state index is 13.6. The molecular formula is C27H29NO3S. The Morgan fingerprint density at radius 1 is 0.906 bits per heavy atom. The zero-order valence-electron chi connectivity index (χ0n) is 18.4. The number of aryl methyl sites for hydroxylation is 1. The van der Waals surface area contributed by atoms with E-state index in [4.69, 9.17) is 4.74 Å². The van der Waals surface area contributed by atoms with Crippen molar-refractivity contribution in [3.8, 4) is 0 Å². The second-order valence-corrected chi connectivity index (χ2v) is 9.19. The number of rotatable bonds is 6. The van der Waals surface area contributed by atoms with Crippen molar-refractivity contribution >= 4 is 28.2 Å². The molecule has 32 heavy (non-hydrogen) atoms. The summed E-state index contributed by atoms with van der Waals surface area (Å²) in [6.45, 7) is 2.13. The van der Waals surface area contributed by atoms with Gasteiger partial charge in [0.2, 0.25) is 5.91 Å². The number of thiophene rings is 1. The first kappa shape index (κ1) is 22.3. The van der Waals surface area contributed by atoms with Gasteiger partial charge < -0.3 is 10.1 Å². The maximum Gasteiger partial charge on any atom is 0.341 e. The second kappa shape index (κ2) is 10.6. The normalized spacial score (nSPS) is 13.7. The molecule has 166 valence electrons. The van der Waals surface area contributed by atoms with Crippen molar-refractivity contribution in [2.75, 3.05) is 11.9 Å². The third-order valence-electron chi connectivity index (χ3n) is 5.92. The molecule has 0 fully saturated rings. The average molecular weight is 448 g/mol. The number of fused-ring (bicyclic) bond motifs is 1. The number of amides is 1. The lowest BCUT2D eigenvalue weighted by molar-refractivity contribution is -0.116. The molecule has 1 aliphatic rings. The largest absolute Gasteiger partial charge is 0.462 e. The number of ether oxygens (including phenoxy) is 1. The van der Waals surface area contributed by atoms with Crippen molar-refractivity contribution in [2.45, 2.75) is 51.4 Å². The molecule has 1 amide bonds. The molecule has 1 aliphatic carbocycles. The van der Waals surface area contributed by atoms with Crippen LogP contribution in [0.1, 0.15) is 70.5 Å². The van der Waals surface area contributed by atoms with Crippen LogP contribution in [0.3, 0.4) is 0 Å². The molecule has 2 aromatic carbocycles. The van der Waals surface area contributed by atoms with E-state index in [0.29, 0.717) is 17.2 Å². The molecule has 1 aromatic heterocycles. The lowest BCUT2D eigenvalue weighted by Gasteiger charge is -2.18. The van der Waals surface area contributed by atoms with Gasteiger partial charge in [-0.05, 0) is 49.3 Å². The van der Waals surface area contributed by atoms with E-state index in [-0.39, 0.29) is 11.9 Å². The number of nitrogens with one attached hydrogen (secondary N) is 1. The molecular weight excluding hydrogens is 418 g/mol. The van der Waals surface area contributed by atoms with E-state index in [9.17, 15) is 9.59 Å². The van der Waals surface area contributed by atoms with Gasteiger partial charge in [-0.15, -0.1) is 11.3 Å². The van der Waals surface area contributed by atoms with Crippen molar-refractivity contribution < 1.29 is 14.3 Å². The van der Waals surface area contributed by atoms with Gasteiger partial charge in [-0.2, -0.15) is 0 Å². The minimum absolute atomic E-state index is 0.137. The van der Waals surface area contributed by atoms with Gasteiger partial charge in [-0.1, -0.05) is 73.5 Å². The van der Waals surface area contributed by atoms with Gasteiger partial charge in [0, 0.05) is 4.88 Å². The van der Waals surface area contributed by atoms with Gasteiger partial charge in [-0.3, -0.25) is 4.79 Å². The Hall–Kier alpha value is -2.92. The number of carbonyl (C=O) groups excluding carboxylic acids is 2. The van der Waals surface area contributed by atoms with Crippen molar-refractivity contribution in [1.82, 2.24) is 0 Å². The molecule has 0 atom stereocenters. The SMILES string of the molecule is CCOC(=O)c1c(NC(=O)C(c2ccccc2)c2ccccc2)sc2c1CCCCCC2. The zero-order chi connectivity index (χ0) is 22.3. The highest BCUT2D eigenvalue weighted by Crippen LogP contribution is 2.38. The van der Waals surface area contributed by atoms with Gasteiger partial charge in [-0.25, -0.2) is 4.79 Å². The van der Waals surface area contributed by atoms with E-state index in [1.54, 1.807) is 11.3 Å². The summed E-state index contributed by atoms with van der Waals surface area (Å²) in [6.07, 6.45) is 6.35. The van der Waals surface area contributed by atoms with Crippen LogP contribution in [0.5, 0.6) is 0 Å². The summed E-state index contributed by atoms with van der Waals surface area (Å²) >= 11 is 1.54. The topological polar surface area (TPSA) is 55.4 Å². The molecule has 0 spiro atoms. The van der Waals surface area contributed by atoms with E-state index in [1.165, 1.54) is 17.7 Å². The molecule has 1 N–H and O–H groups in total. The van der Waals surface area contributed by atoms with Crippen molar-refractivity contribution in [3.63, 3.8) is 0 Å². The molecule has 5 heteroatoms.